The minimum Gasteiger partial charge on any atom is -0.355 e. The zero-order valence-corrected chi connectivity index (χ0v) is 13.6. The molecule has 0 aliphatic heterocycles. The van der Waals surface area contributed by atoms with Crippen molar-refractivity contribution >= 4 is 5.91 Å². The SMILES string of the molecule is CCCCCCC(C)(CCCC)CNC(=O)CC(F)(F)F. The van der Waals surface area contributed by atoms with Gasteiger partial charge in [-0.1, -0.05) is 59.3 Å². The summed E-state index contributed by atoms with van der Waals surface area (Å²) in [5.74, 6) is -0.918. The van der Waals surface area contributed by atoms with Gasteiger partial charge in [-0.15, -0.1) is 0 Å². The van der Waals surface area contributed by atoms with E-state index in [9.17, 15) is 18.0 Å². The Bertz CT molecular complexity index is 292. The van der Waals surface area contributed by atoms with Gasteiger partial charge in [-0.05, 0) is 18.3 Å². The van der Waals surface area contributed by atoms with Crippen molar-refractivity contribution in [2.24, 2.45) is 5.41 Å². The smallest absolute Gasteiger partial charge is 0.355 e. The number of hydrogen-bond acceptors (Lipinski definition) is 1. The number of carbonyl (C=O) groups is 1. The lowest BCUT2D eigenvalue weighted by Crippen LogP contribution is -2.37. The molecule has 0 aromatic heterocycles. The van der Waals surface area contributed by atoms with Crippen LogP contribution in [0.5, 0.6) is 0 Å². The number of unbranched alkanes of at least 4 members (excludes halogenated alkanes) is 4. The van der Waals surface area contributed by atoms with Gasteiger partial charge in [0.15, 0.2) is 0 Å². The van der Waals surface area contributed by atoms with Crippen LogP contribution in [0.3, 0.4) is 0 Å². The number of rotatable bonds is 11. The molecule has 1 atom stereocenters. The first-order valence-electron chi connectivity index (χ1n) is 8.06. The zero-order valence-electron chi connectivity index (χ0n) is 13.6. The molecule has 0 rings (SSSR count). The molecule has 0 aromatic carbocycles. The number of halogens is 3. The van der Waals surface area contributed by atoms with E-state index in [2.05, 4.69) is 26.1 Å². The van der Waals surface area contributed by atoms with Gasteiger partial charge in [0.05, 0.1) is 0 Å². The molecule has 0 radical (unpaired) electrons. The first-order chi connectivity index (χ1) is 9.72. The van der Waals surface area contributed by atoms with E-state index in [1.54, 1.807) is 0 Å². The molecule has 1 N–H and O–H groups in total. The molecule has 21 heavy (non-hydrogen) atoms. The molecule has 0 aromatic rings. The first-order valence-corrected chi connectivity index (χ1v) is 8.06. The first kappa shape index (κ1) is 20.3. The summed E-state index contributed by atoms with van der Waals surface area (Å²) in [5.41, 5.74) is -0.0923. The quantitative estimate of drug-likeness (QED) is 0.521. The van der Waals surface area contributed by atoms with Crippen LogP contribution >= 0.6 is 0 Å². The molecule has 0 bridgehead atoms. The predicted octanol–water partition coefficient (Wildman–Crippen LogP) is 5.22. The van der Waals surface area contributed by atoms with Crippen LogP contribution in [-0.4, -0.2) is 18.6 Å². The minimum atomic E-state index is -4.43. The van der Waals surface area contributed by atoms with E-state index >= 15 is 0 Å². The normalized spacial score (nSPS) is 14.8. The number of alkyl halides is 3. The second-order valence-corrected chi connectivity index (χ2v) is 6.29. The summed E-state index contributed by atoms with van der Waals surface area (Å²) < 4.78 is 36.5. The molecule has 1 amide bonds. The summed E-state index contributed by atoms with van der Waals surface area (Å²) in [5, 5.41) is 2.47. The molecular formula is C16H30F3NO. The fourth-order valence-electron chi connectivity index (χ4n) is 2.44. The van der Waals surface area contributed by atoms with Crippen LogP contribution < -0.4 is 5.32 Å². The summed E-state index contributed by atoms with van der Waals surface area (Å²) >= 11 is 0. The van der Waals surface area contributed by atoms with Gasteiger partial charge in [-0.2, -0.15) is 13.2 Å². The van der Waals surface area contributed by atoms with Gasteiger partial charge in [-0.25, -0.2) is 0 Å². The van der Waals surface area contributed by atoms with Gasteiger partial charge in [0.1, 0.15) is 6.42 Å². The molecule has 0 heterocycles. The summed E-state index contributed by atoms with van der Waals surface area (Å²) in [4.78, 5) is 11.3. The third kappa shape index (κ3) is 11.6. The van der Waals surface area contributed by atoms with E-state index in [-0.39, 0.29) is 5.41 Å². The van der Waals surface area contributed by atoms with E-state index in [0.717, 1.165) is 44.9 Å². The Hall–Kier alpha value is -0.740. The maximum Gasteiger partial charge on any atom is 0.397 e. The number of hydrogen-bond donors (Lipinski definition) is 1. The molecule has 0 aliphatic rings. The molecule has 1 unspecified atom stereocenters. The highest BCUT2D eigenvalue weighted by Crippen LogP contribution is 2.30. The average molecular weight is 309 g/mol. The van der Waals surface area contributed by atoms with Crippen molar-refractivity contribution in [3.63, 3.8) is 0 Å². The highest BCUT2D eigenvalue weighted by molar-refractivity contribution is 5.76. The Morgan fingerprint density at radius 3 is 2.05 bits per heavy atom. The van der Waals surface area contributed by atoms with E-state index in [4.69, 9.17) is 0 Å². The number of carbonyl (C=O) groups excluding carboxylic acids is 1. The summed E-state index contributed by atoms with van der Waals surface area (Å²) in [7, 11) is 0. The molecular weight excluding hydrogens is 279 g/mol. The third-order valence-electron chi connectivity index (χ3n) is 3.84. The maximum absolute atomic E-state index is 12.2. The highest BCUT2D eigenvalue weighted by atomic mass is 19.4. The minimum absolute atomic E-state index is 0.0923. The maximum atomic E-state index is 12.2. The second-order valence-electron chi connectivity index (χ2n) is 6.29. The van der Waals surface area contributed by atoms with E-state index in [1.165, 1.54) is 6.42 Å². The van der Waals surface area contributed by atoms with Gasteiger partial charge in [0.2, 0.25) is 5.91 Å². The lowest BCUT2D eigenvalue weighted by molar-refractivity contribution is -0.154. The summed E-state index contributed by atoms with van der Waals surface area (Å²) in [6, 6.07) is 0. The van der Waals surface area contributed by atoms with Crippen LogP contribution in [0.4, 0.5) is 13.2 Å². The molecule has 0 saturated heterocycles. The fourth-order valence-corrected chi connectivity index (χ4v) is 2.44. The molecule has 0 spiro atoms. The third-order valence-corrected chi connectivity index (χ3v) is 3.84. The van der Waals surface area contributed by atoms with Gasteiger partial charge in [-0.3, -0.25) is 4.79 Å². The molecule has 0 saturated carbocycles. The van der Waals surface area contributed by atoms with Crippen molar-refractivity contribution in [2.75, 3.05) is 6.54 Å². The van der Waals surface area contributed by atoms with Crippen LogP contribution in [-0.2, 0) is 4.79 Å². The Labute approximate surface area is 126 Å². The molecule has 2 nitrogen and oxygen atoms in total. The second kappa shape index (κ2) is 10.1. The largest absolute Gasteiger partial charge is 0.397 e. The van der Waals surface area contributed by atoms with Gasteiger partial charge in [0, 0.05) is 6.54 Å². The Morgan fingerprint density at radius 2 is 1.52 bits per heavy atom. The summed E-state index contributed by atoms with van der Waals surface area (Å²) in [6.07, 6.45) is 2.76. The monoisotopic (exact) mass is 309 g/mol. The highest BCUT2D eigenvalue weighted by Gasteiger charge is 2.32. The van der Waals surface area contributed by atoms with Crippen LogP contribution in [0.2, 0.25) is 0 Å². The number of nitrogens with one attached hydrogen (secondary N) is 1. The lowest BCUT2D eigenvalue weighted by Gasteiger charge is -2.30. The summed E-state index contributed by atoms with van der Waals surface area (Å²) in [6.45, 7) is 6.66. The zero-order chi connectivity index (χ0) is 16.4. The van der Waals surface area contributed by atoms with Gasteiger partial charge < -0.3 is 5.32 Å². The van der Waals surface area contributed by atoms with Crippen molar-refractivity contribution in [3.8, 4) is 0 Å². The topological polar surface area (TPSA) is 29.1 Å². The van der Waals surface area contributed by atoms with Gasteiger partial charge in [0.25, 0.3) is 0 Å². The van der Waals surface area contributed by atoms with Crippen LogP contribution in [0.15, 0.2) is 0 Å². The van der Waals surface area contributed by atoms with Gasteiger partial charge >= 0.3 is 6.18 Å². The van der Waals surface area contributed by atoms with Crippen molar-refractivity contribution in [3.05, 3.63) is 0 Å². The Balaban J connectivity index is 4.29. The van der Waals surface area contributed by atoms with Crippen LogP contribution in [0.1, 0.15) is 78.6 Å². The van der Waals surface area contributed by atoms with Crippen LogP contribution in [0.25, 0.3) is 0 Å². The van der Waals surface area contributed by atoms with Crippen LogP contribution in [0, 0.1) is 5.41 Å². The van der Waals surface area contributed by atoms with E-state index < -0.39 is 18.5 Å². The molecule has 0 aliphatic carbocycles. The average Bonchev–Trinajstić information content (AvgIpc) is 2.38. The Morgan fingerprint density at radius 1 is 0.952 bits per heavy atom. The number of amides is 1. The molecule has 5 heteroatoms. The van der Waals surface area contributed by atoms with Crippen molar-refractivity contribution < 1.29 is 18.0 Å². The van der Waals surface area contributed by atoms with E-state index in [1.807, 2.05) is 0 Å². The van der Waals surface area contributed by atoms with Crippen molar-refractivity contribution in [2.45, 2.75) is 84.7 Å². The predicted molar refractivity (Wildman–Crippen MR) is 80.1 cm³/mol. The van der Waals surface area contributed by atoms with Crippen molar-refractivity contribution in [1.29, 1.82) is 0 Å². The molecule has 0 fully saturated rings. The van der Waals surface area contributed by atoms with E-state index in [0.29, 0.717) is 6.54 Å². The molecule has 126 valence electrons. The Kier molecular flexibility index (Phi) is 9.71. The van der Waals surface area contributed by atoms with Crippen molar-refractivity contribution in [1.82, 2.24) is 5.32 Å². The standard InChI is InChI=1S/C16H30F3NO/c1-4-6-8-9-11-15(3,10-7-5-2)13-20-14(21)12-16(17,18)19/h4-13H2,1-3H3,(H,20,21). The lowest BCUT2D eigenvalue weighted by atomic mass is 9.80. The fraction of sp³-hybridized carbons (Fsp3) is 0.938.